The Morgan fingerprint density at radius 3 is 2.50 bits per heavy atom. The van der Waals surface area contributed by atoms with Gasteiger partial charge in [0.15, 0.2) is 11.5 Å². The first-order valence-corrected chi connectivity index (χ1v) is 10.0. The molecule has 1 saturated heterocycles. The molecule has 0 aliphatic carbocycles. The molecule has 1 fully saturated rings. The fourth-order valence-electron chi connectivity index (χ4n) is 2.49. The Morgan fingerprint density at radius 1 is 1.07 bits per heavy atom. The third-order valence-corrected chi connectivity index (χ3v) is 5.50. The summed E-state index contributed by atoms with van der Waals surface area (Å²) in [7, 11) is 1.46. The van der Waals surface area contributed by atoms with Gasteiger partial charge in [0.1, 0.15) is 6.61 Å². The zero-order valence-corrected chi connectivity index (χ0v) is 17.5. The smallest absolute Gasteiger partial charge is 0.293 e. The number of nitrogens with zero attached hydrogens (tertiary/aromatic N) is 1. The molecule has 0 atom stereocenters. The van der Waals surface area contributed by atoms with Crippen molar-refractivity contribution in [1.82, 2.24) is 4.90 Å². The predicted octanol–water partition coefficient (Wildman–Crippen LogP) is 5.64. The molecule has 2 aromatic rings. The van der Waals surface area contributed by atoms with Crippen LogP contribution in [0.5, 0.6) is 11.5 Å². The number of amides is 2. The Kier molecular flexibility index (Phi) is 6.54. The van der Waals surface area contributed by atoms with Gasteiger partial charge in [0.05, 0.1) is 11.5 Å². The van der Waals surface area contributed by atoms with Crippen LogP contribution < -0.4 is 9.47 Å². The van der Waals surface area contributed by atoms with Gasteiger partial charge in [0, 0.05) is 22.7 Å². The maximum Gasteiger partial charge on any atom is 0.293 e. The summed E-state index contributed by atoms with van der Waals surface area (Å²) in [6, 6.07) is 10.5. The second kappa shape index (κ2) is 8.90. The quantitative estimate of drug-likeness (QED) is 0.547. The Balaban J connectivity index is 1.81. The Labute approximate surface area is 177 Å². The van der Waals surface area contributed by atoms with E-state index in [-0.39, 0.29) is 17.8 Å². The van der Waals surface area contributed by atoms with Crippen LogP contribution in [0, 0.1) is 0 Å². The zero-order valence-electron chi connectivity index (χ0n) is 15.2. The third-order valence-electron chi connectivity index (χ3n) is 3.95. The number of benzene rings is 2. The lowest BCUT2D eigenvalue weighted by Crippen LogP contribution is -2.22. The summed E-state index contributed by atoms with van der Waals surface area (Å²) in [4.78, 5) is 25.2. The molecule has 28 heavy (non-hydrogen) atoms. The van der Waals surface area contributed by atoms with E-state index in [1.807, 2.05) is 6.92 Å². The fraction of sp³-hybridized carbons (Fsp3) is 0.200. The van der Waals surface area contributed by atoms with Crippen molar-refractivity contribution in [2.24, 2.45) is 0 Å². The highest BCUT2D eigenvalue weighted by atomic mass is 35.5. The van der Waals surface area contributed by atoms with E-state index in [1.54, 1.807) is 42.5 Å². The maximum absolute atomic E-state index is 12.1. The highest BCUT2D eigenvalue weighted by Crippen LogP contribution is 2.34. The summed E-state index contributed by atoms with van der Waals surface area (Å²) in [5.74, 6) is 0.774. The minimum Gasteiger partial charge on any atom is -0.490 e. The predicted molar refractivity (Wildman–Crippen MR) is 112 cm³/mol. The molecule has 146 valence electrons. The van der Waals surface area contributed by atoms with Gasteiger partial charge in [-0.25, -0.2) is 0 Å². The summed E-state index contributed by atoms with van der Waals surface area (Å²) < 4.78 is 11.5. The number of ether oxygens (including phenoxy) is 2. The molecule has 5 nitrogen and oxygen atoms in total. The van der Waals surface area contributed by atoms with Crippen molar-refractivity contribution in [2.75, 3.05) is 13.7 Å². The summed E-state index contributed by atoms with van der Waals surface area (Å²) >= 11 is 13.0. The van der Waals surface area contributed by atoms with E-state index < -0.39 is 0 Å². The Hall–Kier alpha value is -2.15. The number of halogens is 2. The molecule has 1 aliphatic rings. The molecule has 0 bridgehead atoms. The Morgan fingerprint density at radius 2 is 1.86 bits per heavy atom. The van der Waals surface area contributed by atoms with Gasteiger partial charge in [-0.15, -0.1) is 0 Å². The minimum atomic E-state index is -0.314. The van der Waals surface area contributed by atoms with E-state index >= 15 is 0 Å². The third kappa shape index (κ3) is 4.63. The fourth-order valence-corrected chi connectivity index (χ4v) is 3.78. The molecule has 1 heterocycles. The first kappa shape index (κ1) is 20.6. The van der Waals surface area contributed by atoms with Gasteiger partial charge in [0.25, 0.3) is 11.1 Å². The van der Waals surface area contributed by atoms with E-state index in [1.165, 1.54) is 7.05 Å². The summed E-state index contributed by atoms with van der Waals surface area (Å²) in [6.07, 6.45) is 1.66. The molecule has 0 radical (unpaired) electrons. The summed E-state index contributed by atoms with van der Waals surface area (Å²) in [5.41, 5.74) is 1.54. The van der Waals surface area contributed by atoms with Crippen LogP contribution in [0.1, 0.15) is 18.1 Å². The zero-order chi connectivity index (χ0) is 20.3. The van der Waals surface area contributed by atoms with Crippen molar-refractivity contribution in [1.29, 1.82) is 0 Å². The molecule has 1 aliphatic heterocycles. The monoisotopic (exact) mass is 437 g/mol. The largest absolute Gasteiger partial charge is 0.490 e. The van der Waals surface area contributed by atoms with Crippen molar-refractivity contribution < 1.29 is 19.1 Å². The molecular weight excluding hydrogens is 421 g/mol. The van der Waals surface area contributed by atoms with E-state index in [2.05, 4.69) is 0 Å². The van der Waals surface area contributed by atoms with Crippen LogP contribution in [-0.2, 0) is 11.4 Å². The van der Waals surface area contributed by atoms with Gasteiger partial charge < -0.3 is 9.47 Å². The normalized spacial score (nSPS) is 15.4. The molecule has 0 unspecified atom stereocenters. The van der Waals surface area contributed by atoms with Crippen molar-refractivity contribution in [2.45, 2.75) is 13.5 Å². The first-order chi connectivity index (χ1) is 13.4. The molecule has 0 N–H and O–H groups in total. The van der Waals surface area contributed by atoms with E-state index in [9.17, 15) is 9.59 Å². The minimum absolute atomic E-state index is 0.254. The van der Waals surface area contributed by atoms with Crippen LogP contribution in [0.15, 0.2) is 41.3 Å². The van der Waals surface area contributed by atoms with Gasteiger partial charge in [-0.3, -0.25) is 14.5 Å². The van der Waals surface area contributed by atoms with Crippen LogP contribution in [0.2, 0.25) is 10.0 Å². The molecule has 0 aromatic heterocycles. The van der Waals surface area contributed by atoms with E-state index in [4.69, 9.17) is 32.7 Å². The van der Waals surface area contributed by atoms with Crippen LogP contribution in [0.4, 0.5) is 4.79 Å². The van der Waals surface area contributed by atoms with Gasteiger partial charge in [-0.2, -0.15) is 0 Å². The second-order valence-electron chi connectivity index (χ2n) is 5.90. The highest BCUT2D eigenvalue weighted by molar-refractivity contribution is 8.18. The Bertz CT molecular complexity index is 961. The number of rotatable bonds is 6. The first-order valence-electron chi connectivity index (χ1n) is 8.44. The molecule has 0 saturated carbocycles. The van der Waals surface area contributed by atoms with Crippen LogP contribution in [0.3, 0.4) is 0 Å². The lowest BCUT2D eigenvalue weighted by Gasteiger charge is -2.13. The standard InChI is InChI=1S/C20H17Cl2NO4S/c1-3-26-17-8-12(9-18-19(24)23(2)20(25)28-18)4-7-16(17)27-11-13-5-6-14(21)10-15(13)22/h4-10H,3,11H2,1-2H3/b18-9-. The summed E-state index contributed by atoms with van der Waals surface area (Å²) in [5, 5.41) is 0.794. The number of carbonyl (C=O) groups excluding carboxylic acids is 2. The van der Waals surface area contributed by atoms with Crippen LogP contribution in [0.25, 0.3) is 6.08 Å². The average Bonchev–Trinajstić information content (AvgIpc) is 2.89. The topological polar surface area (TPSA) is 55.8 Å². The number of hydrogen-bond donors (Lipinski definition) is 0. The van der Waals surface area contributed by atoms with Gasteiger partial charge in [-0.05, 0) is 54.6 Å². The van der Waals surface area contributed by atoms with Gasteiger partial charge in [0.2, 0.25) is 0 Å². The highest BCUT2D eigenvalue weighted by Gasteiger charge is 2.31. The van der Waals surface area contributed by atoms with Crippen molar-refractivity contribution >= 4 is 52.2 Å². The lowest BCUT2D eigenvalue weighted by molar-refractivity contribution is -0.121. The molecule has 2 aromatic carbocycles. The number of imide groups is 1. The van der Waals surface area contributed by atoms with Crippen molar-refractivity contribution in [3.05, 3.63) is 62.5 Å². The second-order valence-corrected chi connectivity index (χ2v) is 7.74. The number of carbonyl (C=O) groups is 2. The summed E-state index contributed by atoms with van der Waals surface area (Å²) in [6.45, 7) is 2.58. The van der Waals surface area contributed by atoms with E-state index in [0.29, 0.717) is 33.1 Å². The molecule has 2 amide bonds. The van der Waals surface area contributed by atoms with Crippen molar-refractivity contribution in [3.8, 4) is 11.5 Å². The van der Waals surface area contributed by atoms with Gasteiger partial charge >= 0.3 is 0 Å². The van der Waals surface area contributed by atoms with Crippen molar-refractivity contribution in [3.63, 3.8) is 0 Å². The maximum atomic E-state index is 12.1. The molecular formula is C20H17Cl2NO4S. The van der Waals surface area contributed by atoms with E-state index in [0.717, 1.165) is 27.8 Å². The van der Waals surface area contributed by atoms with Crippen LogP contribution in [-0.4, -0.2) is 29.7 Å². The van der Waals surface area contributed by atoms with Crippen LogP contribution >= 0.6 is 35.0 Å². The lowest BCUT2D eigenvalue weighted by atomic mass is 10.1. The molecule has 8 heteroatoms. The molecule has 0 spiro atoms. The van der Waals surface area contributed by atoms with Gasteiger partial charge in [-0.1, -0.05) is 35.3 Å². The number of likely N-dealkylation sites (N-methyl/N-ethyl adjacent to an activating group) is 1. The number of thioether (sulfide) groups is 1. The number of hydrogen-bond acceptors (Lipinski definition) is 5. The molecule has 3 rings (SSSR count). The average molecular weight is 438 g/mol. The SMILES string of the molecule is CCOc1cc(/C=C2\SC(=O)N(C)C2=O)ccc1OCc1ccc(Cl)cc1Cl.